The molecule has 0 spiro atoms. The lowest BCUT2D eigenvalue weighted by Gasteiger charge is -1.97. The zero-order valence-electron chi connectivity index (χ0n) is 7.24. The fraction of sp³-hybridized carbons (Fsp3) is 0.500. The molecule has 0 unspecified atom stereocenters. The molecule has 1 aromatic heterocycles. The predicted octanol–water partition coefficient (Wildman–Crippen LogP) is 0.746. The molecule has 12 heavy (non-hydrogen) atoms. The van der Waals surface area contributed by atoms with E-state index in [1.54, 1.807) is 10.9 Å². The van der Waals surface area contributed by atoms with Crippen LogP contribution in [0.3, 0.4) is 0 Å². The number of aromatic nitrogens is 2. The molecule has 1 aromatic rings. The molecule has 0 atom stereocenters. The van der Waals surface area contributed by atoms with E-state index in [1.807, 2.05) is 14.0 Å². The summed E-state index contributed by atoms with van der Waals surface area (Å²) < 4.78 is 1.75. The number of rotatable bonds is 3. The van der Waals surface area contributed by atoms with Crippen LogP contribution in [0.2, 0.25) is 0 Å². The monoisotopic (exact) mass is 168 g/mol. The van der Waals surface area contributed by atoms with Gasteiger partial charge in [0.15, 0.2) is 0 Å². The van der Waals surface area contributed by atoms with Gasteiger partial charge in [-0.2, -0.15) is 5.10 Å². The number of carbonyl (C=O) groups is 1. The van der Waals surface area contributed by atoms with Crippen LogP contribution in [0.5, 0.6) is 0 Å². The van der Waals surface area contributed by atoms with E-state index in [0.717, 1.165) is 11.3 Å². The lowest BCUT2D eigenvalue weighted by atomic mass is 10.1. The van der Waals surface area contributed by atoms with Crippen molar-refractivity contribution in [2.45, 2.75) is 19.8 Å². The average molecular weight is 168 g/mol. The molecule has 0 saturated heterocycles. The van der Waals surface area contributed by atoms with Gasteiger partial charge in [0.2, 0.25) is 0 Å². The second-order valence-electron chi connectivity index (χ2n) is 2.77. The van der Waals surface area contributed by atoms with E-state index in [4.69, 9.17) is 5.11 Å². The minimum atomic E-state index is -0.766. The molecule has 0 radical (unpaired) electrons. The van der Waals surface area contributed by atoms with Gasteiger partial charge in [0.25, 0.3) is 0 Å². The Kier molecular flexibility index (Phi) is 2.47. The lowest BCUT2D eigenvalue weighted by Crippen LogP contribution is -1.99. The molecule has 1 rings (SSSR count). The third kappa shape index (κ3) is 1.84. The largest absolute Gasteiger partial charge is 0.481 e. The van der Waals surface area contributed by atoms with Crippen molar-refractivity contribution < 1.29 is 9.90 Å². The fourth-order valence-corrected chi connectivity index (χ4v) is 1.03. The van der Waals surface area contributed by atoms with Crippen LogP contribution in [-0.4, -0.2) is 20.9 Å². The second kappa shape index (κ2) is 3.38. The predicted molar refractivity (Wildman–Crippen MR) is 43.9 cm³/mol. The molecule has 0 bridgehead atoms. The molecule has 0 fully saturated rings. The Morgan fingerprint density at radius 2 is 2.42 bits per heavy atom. The van der Waals surface area contributed by atoms with E-state index in [9.17, 15) is 4.79 Å². The molecule has 1 heterocycles. The van der Waals surface area contributed by atoms with Crippen LogP contribution in [0.4, 0.5) is 0 Å². The van der Waals surface area contributed by atoms with Crippen molar-refractivity contribution >= 4 is 5.97 Å². The Balaban J connectivity index is 2.63. The summed E-state index contributed by atoms with van der Waals surface area (Å²) in [5.74, 6) is -0.766. The topological polar surface area (TPSA) is 55.1 Å². The maximum atomic E-state index is 10.3. The first-order valence-corrected chi connectivity index (χ1v) is 3.80. The van der Waals surface area contributed by atoms with E-state index in [-0.39, 0.29) is 6.42 Å². The molecule has 0 aliphatic heterocycles. The average Bonchev–Trinajstić information content (AvgIpc) is 2.30. The molecule has 1 N–H and O–H groups in total. The Morgan fingerprint density at radius 1 is 1.75 bits per heavy atom. The Labute approximate surface area is 70.8 Å². The van der Waals surface area contributed by atoms with Crippen LogP contribution in [0.1, 0.15) is 17.7 Å². The summed E-state index contributed by atoms with van der Waals surface area (Å²) in [6.45, 7) is 1.93. The summed E-state index contributed by atoms with van der Waals surface area (Å²) in [6, 6.07) is 0. The quantitative estimate of drug-likeness (QED) is 0.724. The van der Waals surface area contributed by atoms with Crippen LogP contribution in [0.25, 0.3) is 0 Å². The van der Waals surface area contributed by atoms with Crippen LogP contribution < -0.4 is 0 Å². The fourth-order valence-electron chi connectivity index (χ4n) is 1.03. The SMILES string of the molecule is Cc1c(CCC(=O)O)cnn1C. The van der Waals surface area contributed by atoms with Crippen molar-refractivity contribution in [1.29, 1.82) is 0 Å². The number of aliphatic carboxylic acids is 1. The van der Waals surface area contributed by atoms with Gasteiger partial charge < -0.3 is 5.11 Å². The lowest BCUT2D eigenvalue weighted by molar-refractivity contribution is -0.136. The molecule has 0 saturated carbocycles. The molecule has 0 amide bonds. The van der Waals surface area contributed by atoms with Gasteiger partial charge in [0.05, 0.1) is 6.20 Å². The minimum Gasteiger partial charge on any atom is -0.481 e. The standard InChI is InChI=1S/C8H12N2O2/c1-6-7(3-4-8(11)12)5-9-10(6)2/h5H,3-4H2,1-2H3,(H,11,12). The highest BCUT2D eigenvalue weighted by atomic mass is 16.4. The molecule has 4 heteroatoms. The number of nitrogens with zero attached hydrogens (tertiary/aromatic N) is 2. The van der Waals surface area contributed by atoms with Gasteiger partial charge in [0, 0.05) is 19.2 Å². The zero-order chi connectivity index (χ0) is 9.14. The van der Waals surface area contributed by atoms with Crippen molar-refractivity contribution in [2.24, 2.45) is 7.05 Å². The summed E-state index contributed by atoms with van der Waals surface area (Å²) in [6.07, 6.45) is 2.46. The van der Waals surface area contributed by atoms with Crippen molar-refractivity contribution in [3.8, 4) is 0 Å². The smallest absolute Gasteiger partial charge is 0.303 e. The first-order valence-electron chi connectivity index (χ1n) is 3.80. The van der Waals surface area contributed by atoms with Crippen molar-refractivity contribution in [3.05, 3.63) is 17.5 Å². The van der Waals surface area contributed by atoms with Crippen LogP contribution in [-0.2, 0) is 18.3 Å². The van der Waals surface area contributed by atoms with E-state index < -0.39 is 5.97 Å². The molecular formula is C8H12N2O2. The number of hydrogen-bond acceptors (Lipinski definition) is 2. The number of carboxylic acid groups (broad SMARTS) is 1. The van der Waals surface area contributed by atoms with Gasteiger partial charge in [-0.3, -0.25) is 9.48 Å². The summed E-state index contributed by atoms with van der Waals surface area (Å²) in [4.78, 5) is 10.3. The maximum Gasteiger partial charge on any atom is 0.303 e. The third-order valence-corrected chi connectivity index (χ3v) is 1.95. The van der Waals surface area contributed by atoms with Crippen LogP contribution in [0, 0.1) is 6.92 Å². The number of carboxylic acids is 1. The van der Waals surface area contributed by atoms with E-state index in [1.165, 1.54) is 0 Å². The Morgan fingerprint density at radius 3 is 2.83 bits per heavy atom. The Bertz CT molecular complexity index is 291. The molecule has 0 aromatic carbocycles. The highest BCUT2D eigenvalue weighted by Crippen LogP contribution is 2.07. The van der Waals surface area contributed by atoms with Crippen molar-refractivity contribution in [2.75, 3.05) is 0 Å². The van der Waals surface area contributed by atoms with Crippen molar-refractivity contribution in [1.82, 2.24) is 9.78 Å². The van der Waals surface area contributed by atoms with Gasteiger partial charge in [0.1, 0.15) is 0 Å². The minimum absolute atomic E-state index is 0.173. The number of aryl methyl sites for hydroxylation is 2. The van der Waals surface area contributed by atoms with E-state index in [2.05, 4.69) is 5.10 Å². The zero-order valence-corrected chi connectivity index (χ0v) is 7.24. The maximum absolute atomic E-state index is 10.3. The molecule has 4 nitrogen and oxygen atoms in total. The summed E-state index contributed by atoms with van der Waals surface area (Å²) in [5.41, 5.74) is 2.05. The van der Waals surface area contributed by atoms with Gasteiger partial charge in [-0.05, 0) is 18.9 Å². The van der Waals surface area contributed by atoms with Crippen LogP contribution >= 0.6 is 0 Å². The highest BCUT2D eigenvalue weighted by Gasteiger charge is 2.05. The summed E-state index contributed by atoms with van der Waals surface area (Å²) >= 11 is 0. The van der Waals surface area contributed by atoms with Gasteiger partial charge >= 0.3 is 5.97 Å². The van der Waals surface area contributed by atoms with Gasteiger partial charge in [-0.1, -0.05) is 0 Å². The second-order valence-corrected chi connectivity index (χ2v) is 2.77. The molecule has 66 valence electrons. The van der Waals surface area contributed by atoms with Gasteiger partial charge in [-0.15, -0.1) is 0 Å². The normalized spacial score (nSPS) is 10.2. The van der Waals surface area contributed by atoms with Crippen molar-refractivity contribution in [3.63, 3.8) is 0 Å². The van der Waals surface area contributed by atoms with Gasteiger partial charge in [-0.25, -0.2) is 0 Å². The molecular weight excluding hydrogens is 156 g/mol. The first-order chi connectivity index (χ1) is 5.61. The first kappa shape index (κ1) is 8.77. The number of hydrogen-bond donors (Lipinski definition) is 1. The Hall–Kier alpha value is -1.32. The van der Waals surface area contributed by atoms with Crippen LogP contribution in [0.15, 0.2) is 6.20 Å². The highest BCUT2D eigenvalue weighted by molar-refractivity contribution is 5.67. The summed E-state index contributed by atoms with van der Waals surface area (Å²) in [5, 5.41) is 12.5. The van der Waals surface area contributed by atoms with E-state index >= 15 is 0 Å². The van der Waals surface area contributed by atoms with E-state index in [0.29, 0.717) is 6.42 Å². The molecule has 0 aliphatic carbocycles. The third-order valence-electron chi connectivity index (χ3n) is 1.95. The summed E-state index contributed by atoms with van der Waals surface area (Å²) in [7, 11) is 1.85. The molecule has 0 aliphatic rings.